The summed E-state index contributed by atoms with van der Waals surface area (Å²) in [6.45, 7) is 7.26. The van der Waals surface area contributed by atoms with Crippen LogP contribution in [0.3, 0.4) is 0 Å². The second kappa shape index (κ2) is 25.2. The molecule has 0 spiro atoms. The fraction of sp³-hybridized carbons (Fsp3) is 0.627. The molecule has 358 valence electrons. The third kappa shape index (κ3) is 12.4. The number of hydrogen-bond acceptors (Lipinski definition) is 12. The van der Waals surface area contributed by atoms with E-state index in [2.05, 4.69) is 30.1 Å². The van der Waals surface area contributed by atoms with E-state index in [-0.39, 0.29) is 57.3 Å². The number of hydrogen-bond donors (Lipinski definition) is 3. The molecule has 2 aromatic carbocycles. The minimum atomic E-state index is -1.49. The molecule has 6 atom stereocenters. The fourth-order valence-corrected chi connectivity index (χ4v) is 10.4. The Labute approximate surface area is 385 Å². The zero-order chi connectivity index (χ0) is 46.0. The molecule has 0 unspecified atom stereocenters. The maximum atomic E-state index is 14.2. The lowest BCUT2D eigenvalue weighted by Gasteiger charge is -2.59. The van der Waals surface area contributed by atoms with Crippen LogP contribution >= 0.6 is 0 Å². The molecule has 2 amide bonds. The molecule has 14 nitrogen and oxygen atoms in total. The molecular formula is C51H73N3O11. The zero-order valence-electron chi connectivity index (χ0n) is 38.9. The number of oxime groups is 1. The van der Waals surface area contributed by atoms with Gasteiger partial charge in [-0.2, -0.15) is 0 Å². The van der Waals surface area contributed by atoms with Crippen molar-refractivity contribution in [2.45, 2.75) is 140 Å². The molecule has 1 saturated carbocycles. The van der Waals surface area contributed by atoms with E-state index in [1.165, 1.54) is 59.2 Å². The number of ether oxygens (including phenoxy) is 6. The van der Waals surface area contributed by atoms with Gasteiger partial charge in [0.15, 0.2) is 11.5 Å². The van der Waals surface area contributed by atoms with Crippen molar-refractivity contribution in [2.75, 3.05) is 47.4 Å². The predicted octanol–water partition coefficient (Wildman–Crippen LogP) is 9.96. The van der Waals surface area contributed by atoms with Gasteiger partial charge in [-0.15, -0.1) is 6.58 Å². The van der Waals surface area contributed by atoms with Crippen molar-refractivity contribution >= 4 is 17.9 Å². The van der Waals surface area contributed by atoms with E-state index in [9.17, 15) is 19.8 Å². The van der Waals surface area contributed by atoms with Gasteiger partial charge in [-0.05, 0) is 85.4 Å². The average molecular weight is 904 g/mol. The fourth-order valence-electron chi connectivity index (χ4n) is 10.4. The zero-order valence-corrected chi connectivity index (χ0v) is 38.9. The Kier molecular flexibility index (Phi) is 19.3. The summed E-state index contributed by atoms with van der Waals surface area (Å²) in [6.07, 6.45) is 19.5. The number of benzene rings is 2. The van der Waals surface area contributed by atoms with Gasteiger partial charge >= 0.3 is 12.2 Å². The maximum absolute atomic E-state index is 14.2. The van der Waals surface area contributed by atoms with Crippen LogP contribution in [0.5, 0.6) is 23.0 Å². The molecule has 2 heterocycles. The number of nitrogens with one attached hydrogen (secondary N) is 1. The predicted molar refractivity (Wildman–Crippen MR) is 248 cm³/mol. The Morgan fingerprint density at radius 3 is 2.31 bits per heavy atom. The molecule has 2 aliphatic carbocycles. The Hall–Kier alpha value is -4.79. The number of unbranched alkanes of at least 4 members (excludes halogenated alkanes) is 11. The van der Waals surface area contributed by atoms with Crippen molar-refractivity contribution in [1.29, 1.82) is 0 Å². The molecule has 0 bridgehead atoms. The minimum absolute atomic E-state index is 0.00764. The molecule has 0 radical (unpaired) electrons. The molecule has 4 aliphatic rings. The van der Waals surface area contributed by atoms with E-state index in [1.54, 1.807) is 17.0 Å². The van der Waals surface area contributed by atoms with Crippen LogP contribution in [0, 0.1) is 17.8 Å². The van der Waals surface area contributed by atoms with Gasteiger partial charge in [0, 0.05) is 44.2 Å². The van der Waals surface area contributed by atoms with Gasteiger partial charge in [-0.3, -0.25) is 4.90 Å². The van der Waals surface area contributed by atoms with Gasteiger partial charge in [0.1, 0.15) is 24.7 Å². The second-order valence-corrected chi connectivity index (χ2v) is 17.7. The summed E-state index contributed by atoms with van der Waals surface area (Å²) in [7, 11) is 2.87. The Bertz CT molecular complexity index is 1920. The van der Waals surface area contributed by atoms with Gasteiger partial charge in [0.25, 0.3) is 0 Å². The van der Waals surface area contributed by atoms with Gasteiger partial charge < -0.3 is 48.8 Å². The number of aliphatic hydroxyl groups is 2. The molecule has 0 aromatic heterocycles. The maximum Gasteiger partial charge on any atom is 0.412 e. The minimum Gasteiger partial charge on any atom is -0.459 e. The van der Waals surface area contributed by atoms with Crippen LogP contribution in [0.25, 0.3) is 0 Å². The number of allylic oxidation sites excluding steroid dienone is 1. The largest absolute Gasteiger partial charge is 0.459 e. The lowest BCUT2D eigenvalue weighted by Crippen LogP contribution is -2.70. The van der Waals surface area contributed by atoms with Crippen LogP contribution < -0.4 is 24.3 Å². The summed E-state index contributed by atoms with van der Waals surface area (Å²) in [6, 6.07) is 10.2. The van der Waals surface area contributed by atoms with Gasteiger partial charge in [0.05, 0.1) is 25.3 Å². The van der Waals surface area contributed by atoms with E-state index in [4.69, 9.17) is 33.3 Å². The lowest BCUT2D eigenvalue weighted by atomic mass is 9.55. The number of carbonyl (C=O) groups is 2. The van der Waals surface area contributed by atoms with Crippen LogP contribution in [0.15, 0.2) is 65.9 Å². The molecule has 0 saturated heterocycles. The molecule has 14 heteroatoms. The summed E-state index contributed by atoms with van der Waals surface area (Å²) in [4.78, 5) is 34.7. The van der Waals surface area contributed by atoms with E-state index in [0.29, 0.717) is 48.1 Å². The summed E-state index contributed by atoms with van der Waals surface area (Å²) >= 11 is 0. The number of aliphatic hydroxyl groups excluding tert-OH is 2. The van der Waals surface area contributed by atoms with Crippen molar-refractivity contribution in [3.05, 3.63) is 71.8 Å². The topological polar surface area (TPSA) is 167 Å². The monoisotopic (exact) mass is 904 g/mol. The van der Waals surface area contributed by atoms with E-state index in [1.807, 2.05) is 30.3 Å². The first-order valence-corrected chi connectivity index (χ1v) is 24.1. The molecular weight excluding hydrogens is 831 g/mol. The van der Waals surface area contributed by atoms with Crippen molar-refractivity contribution in [3.63, 3.8) is 0 Å². The molecule has 3 N–H and O–H groups in total. The quantitative estimate of drug-likeness (QED) is 0.0444. The van der Waals surface area contributed by atoms with Crippen LogP contribution in [0.2, 0.25) is 0 Å². The summed E-state index contributed by atoms with van der Waals surface area (Å²) in [5, 5.41) is 27.4. The lowest BCUT2D eigenvalue weighted by molar-refractivity contribution is -0.256. The molecule has 2 aromatic rings. The highest BCUT2D eigenvalue weighted by Gasteiger charge is 2.65. The number of methoxy groups -OCH3 is 1. The SMILES string of the molecule is C=CCO[C@@]12Oc3ccc(OC(=O)NCCCCCCCCCCCC)cc3[C@H]3[C@H](CCCCO)[C@@H](CCCCO)C=C(C(=NOC)C[C@@H]1N(Cc1ccc4c(c1)OCO4)C(=O)OC)[C@H]32. The smallest absolute Gasteiger partial charge is 0.412 e. The number of carbonyl (C=O) groups excluding carboxylic acids is 2. The number of rotatable bonds is 27. The summed E-state index contributed by atoms with van der Waals surface area (Å²) < 4.78 is 37.1. The van der Waals surface area contributed by atoms with Crippen molar-refractivity contribution in [1.82, 2.24) is 10.2 Å². The van der Waals surface area contributed by atoms with Crippen molar-refractivity contribution < 1.29 is 53.1 Å². The number of nitrogens with zero attached hydrogens (tertiary/aromatic N) is 2. The first-order valence-electron chi connectivity index (χ1n) is 24.1. The Balaban J connectivity index is 1.36. The Morgan fingerprint density at radius 2 is 1.60 bits per heavy atom. The Morgan fingerprint density at radius 1 is 0.892 bits per heavy atom. The van der Waals surface area contributed by atoms with Gasteiger partial charge in [-0.25, -0.2) is 9.59 Å². The van der Waals surface area contributed by atoms with Crippen molar-refractivity contribution in [2.24, 2.45) is 22.9 Å². The normalized spacial score (nSPS) is 23.1. The van der Waals surface area contributed by atoms with Gasteiger partial charge in [0.2, 0.25) is 12.6 Å². The highest BCUT2D eigenvalue weighted by Crippen LogP contribution is 2.62. The molecule has 1 fully saturated rings. The van der Waals surface area contributed by atoms with Crippen LogP contribution in [-0.4, -0.2) is 92.2 Å². The summed E-state index contributed by atoms with van der Waals surface area (Å²) in [5.41, 5.74) is 3.17. The van der Waals surface area contributed by atoms with E-state index >= 15 is 0 Å². The standard InChI is InChI=1S/C51H73N3O11/c1-5-7-8-9-10-11-12-13-14-17-26-52-49(57)64-38-23-25-43-41(32-38)47-39(21-16-19-28-56)37(20-15-18-27-55)31-40-42(53-60-4)33-46(51(65-43,48(40)47)63-29-6-2)54(50(58)59-3)34-36-22-24-44-45(30-36)62-35-61-44/h6,22-25,30-32,37,39,46-48,55-56H,2,5,7-21,26-29,33-35H2,1,3-4H3,(H,52,57)/t37-,39+,46-,47+,48+,51+/m0/s1. The number of fused-ring (bicyclic) bond motifs is 3. The molecule has 65 heavy (non-hydrogen) atoms. The highest BCUT2D eigenvalue weighted by molar-refractivity contribution is 6.03. The van der Waals surface area contributed by atoms with E-state index < -0.39 is 29.9 Å². The second-order valence-electron chi connectivity index (χ2n) is 17.7. The van der Waals surface area contributed by atoms with E-state index in [0.717, 1.165) is 61.6 Å². The van der Waals surface area contributed by atoms with Crippen LogP contribution in [0.1, 0.15) is 133 Å². The van der Waals surface area contributed by atoms with Crippen LogP contribution in [-0.2, 0) is 20.9 Å². The van der Waals surface area contributed by atoms with Crippen molar-refractivity contribution in [3.8, 4) is 23.0 Å². The first-order chi connectivity index (χ1) is 31.8. The first kappa shape index (κ1) is 49.6. The third-order valence-corrected chi connectivity index (χ3v) is 13.4. The van der Waals surface area contributed by atoms with Gasteiger partial charge in [-0.1, -0.05) is 101 Å². The summed E-state index contributed by atoms with van der Waals surface area (Å²) in [5.74, 6) is -0.167. The average Bonchev–Trinajstić information content (AvgIpc) is 3.79. The molecule has 6 rings (SSSR count). The highest BCUT2D eigenvalue weighted by atomic mass is 16.7. The van der Waals surface area contributed by atoms with Crippen LogP contribution in [0.4, 0.5) is 9.59 Å². The third-order valence-electron chi connectivity index (χ3n) is 13.4. The number of amides is 2. The molecule has 2 aliphatic heterocycles.